The Morgan fingerprint density at radius 3 is 3.06 bits per heavy atom. The van der Waals surface area contributed by atoms with E-state index in [2.05, 4.69) is 17.4 Å². The van der Waals surface area contributed by atoms with Gasteiger partial charge in [0.15, 0.2) is 0 Å². The standard InChI is InChI=1S/C14H21NO2/c1-10(16)7-8-17-12-4-5-13-11(9-12)3-6-14(13)15-2/h4-5,9-10,14-16H,3,6-8H2,1-2H3. The molecule has 0 bridgehead atoms. The lowest BCUT2D eigenvalue weighted by Gasteiger charge is -2.12. The molecule has 1 aliphatic rings. The Labute approximate surface area is 103 Å². The van der Waals surface area contributed by atoms with E-state index in [1.54, 1.807) is 6.92 Å². The van der Waals surface area contributed by atoms with E-state index in [0.717, 1.165) is 12.2 Å². The van der Waals surface area contributed by atoms with Gasteiger partial charge < -0.3 is 15.2 Å². The molecule has 0 saturated heterocycles. The molecule has 0 aromatic heterocycles. The maximum atomic E-state index is 9.16. The molecule has 0 saturated carbocycles. The fraction of sp³-hybridized carbons (Fsp3) is 0.571. The van der Waals surface area contributed by atoms with Gasteiger partial charge in [-0.2, -0.15) is 0 Å². The van der Waals surface area contributed by atoms with Crippen molar-refractivity contribution in [3.8, 4) is 5.75 Å². The average molecular weight is 235 g/mol. The lowest BCUT2D eigenvalue weighted by atomic mass is 10.1. The highest BCUT2D eigenvalue weighted by molar-refractivity contribution is 5.40. The number of ether oxygens (including phenoxy) is 1. The van der Waals surface area contributed by atoms with Gasteiger partial charge in [-0.3, -0.25) is 0 Å². The van der Waals surface area contributed by atoms with E-state index in [4.69, 9.17) is 9.84 Å². The molecule has 1 aliphatic carbocycles. The van der Waals surface area contributed by atoms with Crippen LogP contribution in [0.5, 0.6) is 5.75 Å². The second-order valence-electron chi connectivity index (χ2n) is 4.73. The van der Waals surface area contributed by atoms with Crippen LogP contribution >= 0.6 is 0 Å². The minimum absolute atomic E-state index is 0.293. The monoisotopic (exact) mass is 235 g/mol. The molecule has 0 aliphatic heterocycles. The highest BCUT2D eigenvalue weighted by Crippen LogP contribution is 2.33. The molecule has 3 nitrogen and oxygen atoms in total. The van der Waals surface area contributed by atoms with Gasteiger partial charge in [-0.1, -0.05) is 6.07 Å². The number of nitrogens with one attached hydrogen (secondary N) is 1. The van der Waals surface area contributed by atoms with Crippen LogP contribution in [0, 0.1) is 0 Å². The molecule has 94 valence electrons. The van der Waals surface area contributed by atoms with Crippen molar-refractivity contribution in [3.63, 3.8) is 0 Å². The van der Waals surface area contributed by atoms with Crippen molar-refractivity contribution in [1.82, 2.24) is 5.32 Å². The van der Waals surface area contributed by atoms with Crippen molar-refractivity contribution in [1.29, 1.82) is 0 Å². The van der Waals surface area contributed by atoms with Crippen LogP contribution in [0.3, 0.4) is 0 Å². The lowest BCUT2D eigenvalue weighted by Crippen LogP contribution is -2.12. The molecule has 2 rings (SSSR count). The number of benzene rings is 1. The van der Waals surface area contributed by atoms with Gasteiger partial charge in [0.25, 0.3) is 0 Å². The SMILES string of the molecule is CNC1CCc2cc(OCCC(C)O)ccc21. The summed E-state index contributed by atoms with van der Waals surface area (Å²) in [7, 11) is 2.01. The van der Waals surface area contributed by atoms with Gasteiger partial charge in [0.05, 0.1) is 12.7 Å². The van der Waals surface area contributed by atoms with Crippen molar-refractivity contribution in [3.05, 3.63) is 29.3 Å². The van der Waals surface area contributed by atoms with Crippen molar-refractivity contribution >= 4 is 0 Å². The zero-order chi connectivity index (χ0) is 12.3. The fourth-order valence-corrected chi connectivity index (χ4v) is 2.33. The smallest absolute Gasteiger partial charge is 0.119 e. The van der Waals surface area contributed by atoms with Crippen LogP contribution in [-0.4, -0.2) is 24.9 Å². The molecule has 3 heteroatoms. The summed E-state index contributed by atoms with van der Waals surface area (Å²) in [4.78, 5) is 0. The molecule has 0 heterocycles. The molecular weight excluding hydrogens is 214 g/mol. The Hall–Kier alpha value is -1.06. The van der Waals surface area contributed by atoms with Crippen LogP contribution in [0.1, 0.15) is 36.9 Å². The normalized spacial score (nSPS) is 20.1. The first-order valence-corrected chi connectivity index (χ1v) is 6.31. The molecule has 2 unspecified atom stereocenters. The summed E-state index contributed by atoms with van der Waals surface area (Å²) >= 11 is 0. The summed E-state index contributed by atoms with van der Waals surface area (Å²) in [6, 6.07) is 6.81. The number of rotatable bonds is 5. The lowest BCUT2D eigenvalue weighted by molar-refractivity contribution is 0.155. The molecule has 0 spiro atoms. The number of hydrogen-bond donors (Lipinski definition) is 2. The van der Waals surface area contributed by atoms with Gasteiger partial charge in [-0.15, -0.1) is 0 Å². The molecule has 0 radical (unpaired) electrons. The third-order valence-corrected chi connectivity index (χ3v) is 3.35. The van der Waals surface area contributed by atoms with Gasteiger partial charge in [-0.05, 0) is 50.1 Å². The van der Waals surface area contributed by atoms with Gasteiger partial charge in [0, 0.05) is 12.5 Å². The number of aryl methyl sites for hydroxylation is 1. The van der Waals surface area contributed by atoms with E-state index in [9.17, 15) is 0 Å². The Bertz CT molecular complexity index is 376. The first-order valence-electron chi connectivity index (χ1n) is 6.31. The third-order valence-electron chi connectivity index (χ3n) is 3.35. The Balaban J connectivity index is 1.98. The van der Waals surface area contributed by atoms with E-state index in [1.165, 1.54) is 17.5 Å². The molecule has 1 aromatic carbocycles. The van der Waals surface area contributed by atoms with E-state index >= 15 is 0 Å². The predicted molar refractivity (Wildman–Crippen MR) is 68.4 cm³/mol. The van der Waals surface area contributed by atoms with Crippen LogP contribution in [0.4, 0.5) is 0 Å². The number of fused-ring (bicyclic) bond motifs is 1. The van der Waals surface area contributed by atoms with Crippen molar-refractivity contribution in [2.45, 2.75) is 38.3 Å². The van der Waals surface area contributed by atoms with Crippen LogP contribution in [0.15, 0.2) is 18.2 Å². The minimum atomic E-state index is -0.293. The van der Waals surface area contributed by atoms with Crippen molar-refractivity contribution in [2.24, 2.45) is 0 Å². The molecule has 1 aromatic rings. The zero-order valence-corrected chi connectivity index (χ0v) is 10.6. The van der Waals surface area contributed by atoms with E-state index < -0.39 is 0 Å². The number of aliphatic hydroxyl groups excluding tert-OH is 1. The predicted octanol–water partition coefficient (Wildman–Crippen LogP) is 2.04. The molecule has 0 amide bonds. The summed E-state index contributed by atoms with van der Waals surface area (Å²) in [5, 5.41) is 12.5. The van der Waals surface area contributed by atoms with Crippen LogP contribution in [0.2, 0.25) is 0 Å². The van der Waals surface area contributed by atoms with Crippen molar-refractivity contribution in [2.75, 3.05) is 13.7 Å². The highest BCUT2D eigenvalue weighted by atomic mass is 16.5. The Morgan fingerprint density at radius 1 is 1.53 bits per heavy atom. The molecule has 2 N–H and O–H groups in total. The molecule has 2 atom stereocenters. The van der Waals surface area contributed by atoms with Crippen LogP contribution < -0.4 is 10.1 Å². The first kappa shape index (κ1) is 12.4. The van der Waals surface area contributed by atoms with Crippen LogP contribution in [-0.2, 0) is 6.42 Å². The largest absolute Gasteiger partial charge is 0.493 e. The second-order valence-corrected chi connectivity index (χ2v) is 4.73. The highest BCUT2D eigenvalue weighted by Gasteiger charge is 2.20. The molecule has 17 heavy (non-hydrogen) atoms. The quantitative estimate of drug-likeness (QED) is 0.820. The molecular formula is C14H21NO2. The van der Waals surface area contributed by atoms with E-state index in [0.29, 0.717) is 19.1 Å². The maximum absolute atomic E-state index is 9.16. The Kier molecular flexibility index (Phi) is 4.02. The van der Waals surface area contributed by atoms with Crippen LogP contribution in [0.25, 0.3) is 0 Å². The third kappa shape index (κ3) is 2.99. The summed E-state index contributed by atoms with van der Waals surface area (Å²) < 4.78 is 5.63. The first-order chi connectivity index (χ1) is 8.20. The minimum Gasteiger partial charge on any atom is -0.493 e. The Morgan fingerprint density at radius 2 is 2.35 bits per heavy atom. The van der Waals surface area contributed by atoms with Gasteiger partial charge in [-0.25, -0.2) is 0 Å². The maximum Gasteiger partial charge on any atom is 0.119 e. The van der Waals surface area contributed by atoms with Crippen molar-refractivity contribution < 1.29 is 9.84 Å². The molecule has 0 fully saturated rings. The van der Waals surface area contributed by atoms with Gasteiger partial charge in [0.2, 0.25) is 0 Å². The number of hydrogen-bond acceptors (Lipinski definition) is 3. The van der Waals surface area contributed by atoms with Gasteiger partial charge >= 0.3 is 0 Å². The second kappa shape index (κ2) is 5.52. The van der Waals surface area contributed by atoms with E-state index in [-0.39, 0.29) is 6.10 Å². The topological polar surface area (TPSA) is 41.5 Å². The zero-order valence-electron chi connectivity index (χ0n) is 10.6. The average Bonchev–Trinajstić information content (AvgIpc) is 2.70. The van der Waals surface area contributed by atoms with E-state index in [1.807, 2.05) is 13.1 Å². The summed E-state index contributed by atoms with van der Waals surface area (Å²) in [5.74, 6) is 0.918. The fourth-order valence-electron chi connectivity index (χ4n) is 2.33. The summed E-state index contributed by atoms with van der Waals surface area (Å²) in [6.07, 6.45) is 2.67. The number of aliphatic hydroxyl groups is 1. The van der Waals surface area contributed by atoms with Gasteiger partial charge in [0.1, 0.15) is 5.75 Å². The summed E-state index contributed by atoms with van der Waals surface area (Å²) in [5.41, 5.74) is 2.79. The summed E-state index contributed by atoms with van der Waals surface area (Å²) in [6.45, 7) is 2.36.